The molecule has 0 aliphatic carbocycles. The number of hydrogen-bond acceptors (Lipinski definition) is 5. The second-order valence-corrected chi connectivity index (χ2v) is 5.82. The van der Waals surface area contributed by atoms with Crippen LogP contribution in [0.2, 0.25) is 5.02 Å². The van der Waals surface area contributed by atoms with Crippen molar-refractivity contribution in [3.8, 4) is 5.69 Å². The molecule has 110 valence electrons. The standard InChI is InChI=1S/C12H12ClN5O2S/c1-7(10(19)16-11(14)20)21-12-17-15-6-18(12)9-4-2-3-8(13)5-9/h2-7H,1H3,(H3,14,16,19,20). The number of aromatic nitrogens is 3. The fourth-order valence-electron chi connectivity index (χ4n) is 1.54. The summed E-state index contributed by atoms with van der Waals surface area (Å²) in [5.41, 5.74) is 5.69. The zero-order valence-electron chi connectivity index (χ0n) is 11.0. The van der Waals surface area contributed by atoms with Crippen molar-refractivity contribution < 1.29 is 9.59 Å². The molecular formula is C12H12ClN5O2S. The van der Waals surface area contributed by atoms with Gasteiger partial charge in [0.1, 0.15) is 6.33 Å². The molecular weight excluding hydrogens is 314 g/mol. The van der Waals surface area contributed by atoms with E-state index in [0.717, 1.165) is 17.4 Å². The monoisotopic (exact) mass is 325 g/mol. The highest BCUT2D eigenvalue weighted by Gasteiger charge is 2.19. The van der Waals surface area contributed by atoms with E-state index >= 15 is 0 Å². The van der Waals surface area contributed by atoms with Gasteiger partial charge in [0.2, 0.25) is 5.91 Å². The first-order valence-electron chi connectivity index (χ1n) is 5.90. The second kappa shape index (κ2) is 6.59. The number of benzene rings is 1. The zero-order chi connectivity index (χ0) is 15.4. The quantitative estimate of drug-likeness (QED) is 0.831. The molecule has 7 nitrogen and oxygen atoms in total. The minimum absolute atomic E-state index is 0.492. The van der Waals surface area contributed by atoms with E-state index in [1.807, 2.05) is 11.4 Å². The molecule has 1 aromatic carbocycles. The van der Waals surface area contributed by atoms with Gasteiger partial charge in [-0.1, -0.05) is 29.4 Å². The number of thioether (sulfide) groups is 1. The number of halogens is 1. The average Bonchev–Trinajstić information content (AvgIpc) is 2.86. The van der Waals surface area contributed by atoms with E-state index < -0.39 is 17.2 Å². The van der Waals surface area contributed by atoms with Crippen LogP contribution in [0.1, 0.15) is 6.92 Å². The van der Waals surface area contributed by atoms with E-state index in [2.05, 4.69) is 10.2 Å². The fraction of sp³-hybridized carbons (Fsp3) is 0.167. The highest BCUT2D eigenvalue weighted by Crippen LogP contribution is 2.24. The van der Waals surface area contributed by atoms with Crippen LogP contribution in [0.25, 0.3) is 5.69 Å². The molecule has 3 N–H and O–H groups in total. The molecule has 9 heteroatoms. The van der Waals surface area contributed by atoms with Crippen LogP contribution in [0.5, 0.6) is 0 Å². The van der Waals surface area contributed by atoms with Crippen molar-refractivity contribution in [3.63, 3.8) is 0 Å². The number of urea groups is 1. The number of nitrogens with two attached hydrogens (primary N) is 1. The van der Waals surface area contributed by atoms with Gasteiger partial charge in [0.25, 0.3) is 0 Å². The van der Waals surface area contributed by atoms with E-state index in [1.54, 1.807) is 29.7 Å². The number of amides is 3. The van der Waals surface area contributed by atoms with Gasteiger partial charge in [-0.15, -0.1) is 10.2 Å². The van der Waals surface area contributed by atoms with Gasteiger partial charge >= 0.3 is 6.03 Å². The summed E-state index contributed by atoms with van der Waals surface area (Å²) in [7, 11) is 0. The summed E-state index contributed by atoms with van der Waals surface area (Å²) >= 11 is 7.11. The van der Waals surface area contributed by atoms with Crippen LogP contribution in [-0.4, -0.2) is 32.0 Å². The maximum Gasteiger partial charge on any atom is 0.318 e. The maximum absolute atomic E-state index is 11.7. The topological polar surface area (TPSA) is 103 Å². The van der Waals surface area contributed by atoms with Crippen molar-refractivity contribution in [1.29, 1.82) is 0 Å². The van der Waals surface area contributed by atoms with E-state index in [4.69, 9.17) is 17.3 Å². The van der Waals surface area contributed by atoms with Crippen LogP contribution >= 0.6 is 23.4 Å². The van der Waals surface area contributed by atoms with E-state index in [-0.39, 0.29) is 0 Å². The molecule has 1 heterocycles. The fourth-order valence-corrected chi connectivity index (χ4v) is 2.57. The maximum atomic E-state index is 11.7. The van der Waals surface area contributed by atoms with Gasteiger partial charge < -0.3 is 5.73 Å². The predicted molar refractivity (Wildman–Crippen MR) is 79.4 cm³/mol. The third-order valence-corrected chi connectivity index (χ3v) is 3.79. The van der Waals surface area contributed by atoms with Crippen molar-refractivity contribution in [3.05, 3.63) is 35.6 Å². The van der Waals surface area contributed by atoms with Gasteiger partial charge in [0.05, 0.1) is 10.9 Å². The van der Waals surface area contributed by atoms with Gasteiger partial charge in [0, 0.05) is 5.02 Å². The lowest BCUT2D eigenvalue weighted by atomic mass is 10.3. The molecule has 2 aromatic rings. The molecule has 0 aliphatic heterocycles. The number of nitrogens with zero attached hydrogens (tertiary/aromatic N) is 3. The Morgan fingerprint density at radius 3 is 2.90 bits per heavy atom. The first kappa shape index (κ1) is 15.3. The molecule has 1 atom stereocenters. The molecule has 0 spiro atoms. The SMILES string of the molecule is CC(Sc1nncn1-c1cccc(Cl)c1)C(=O)NC(N)=O. The smallest absolute Gasteiger partial charge is 0.318 e. The minimum Gasteiger partial charge on any atom is -0.351 e. The molecule has 2 rings (SSSR count). The first-order valence-corrected chi connectivity index (χ1v) is 7.16. The highest BCUT2D eigenvalue weighted by atomic mass is 35.5. The number of carbonyl (C=O) groups excluding carboxylic acids is 2. The van der Waals surface area contributed by atoms with Crippen molar-refractivity contribution in [2.45, 2.75) is 17.3 Å². The molecule has 0 bridgehead atoms. The Kier molecular flexibility index (Phi) is 4.81. The van der Waals surface area contributed by atoms with Crippen LogP contribution in [0.3, 0.4) is 0 Å². The van der Waals surface area contributed by atoms with Gasteiger partial charge in [-0.25, -0.2) is 4.79 Å². The Morgan fingerprint density at radius 2 is 2.24 bits per heavy atom. The van der Waals surface area contributed by atoms with Crippen LogP contribution in [0.15, 0.2) is 35.7 Å². The molecule has 0 saturated carbocycles. The molecule has 0 radical (unpaired) electrons. The lowest BCUT2D eigenvalue weighted by molar-refractivity contribution is -0.119. The lowest BCUT2D eigenvalue weighted by Crippen LogP contribution is -2.39. The first-order chi connectivity index (χ1) is 9.97. The van der Waals surface area contributed by atoms with Crippen LogP contribution in [-0.2, 0) is 4.79 Å². The Labute approximate surface area is 129 Å². The van der Waals surface area contributed by atoms with Gasteiger partial charge in [0.15, 0.2) is 5.16 Å². The summed E-state index contributed by atoms with van der Waals surface area (Å²) in [5, 5.41) is 10.3. The van der Waals surface area contributed by atoms with Crippen molar-refractivity contribution in [2.24, 2.45) is 5.73 Å². The van der Waals surface area contributed by atoms with Crippen LogP contribution in [0.4, 0.5) is 4.79 Å². The van der Waals surface area contributed by atoms with Crippen LogP contribution in [0, 0.1) is 0 Å². The Morgan fingerprint density at radius 1 is 1.48 bits per heavy atom. The Hall–Kier alpha value is -2.06. The van der Waals surface area contributed by atoms with Gasteiger partial charge in [-0.05, 0) is 25.1 Å². The molecule has 1 unspecified atom stereocenters. The molecule has 0 fully saturated rings. The molecule has 0 saturated heterocycles. The largest absolute Gasteiger partial charge is 0.351 e. The van der Waals surface area contributed by atoms with Crippen molar-refractivity contribution in [1.82, 2.24) is 20.1 Å². The molecule has 0 aliphatic rings. The summed E-state index contributed by atoms with van der Waals surface area (Å²) in [5.74, 6) is -0.492. The second-order valence-electron chi connectivity index (χ2n) is 4.08. The molecule has 1 aromatic heterocycles. The number of rotatable bonds is 4. The van der Waals surface area contributed by atoms with Gasteiger partial charge in [-0.3, -0.25) is 14.7 Å². The van der Waals surface area contributed by atoms with E-state index in [9.17, 15) is 9.59 Å². The summed E-state index contributed by atoms with van der Waals surface area (Å²) in [4.78, 5) is 22.3. The number of hydrogen-bond donors (Lipinski definition) is 2. The predicted octanol–water partition coefficient (Wildman–Crippen LogP) is 1.60. The van der Waals surface area contributed by atoms with Crippen molar-refractivity contribution >= 4 is 35.3 Å². The third-order valence-electron chi connectivity index (χ3n) is 2.50. The number of nitrogens with one attached hydrogen (secondary N) is 1. The van der Waals surface area contributed by atoms with Gasteiger partial charge in [-0.2, -0.15) is 0 Å². The van der Waals surface area contributed by atoms with E-state index in [0.29, 0.717) is 10.2 Å². The summed E-state index contributed by atoms with van der Waals surface area (Å²) in [6.07, 6.45) is 1.52. The summed E-state index contributed by atoms with van der Waals surface area (Å²) in [6, 6.07) is 6.26. The minimum atomic E-state index is -0.885. The van der Waals surface area contributed by atoms with Crippen LogP contribution < -0.4 is 11.1 Å². The Bertz CT molecular complexity index is 675. The molecule has 21 heavy (non-hydrogen) atoms. The number of primary amides is 1. The normalized spacial score (nSPS) is 11.9. The van der Waals surface area contributed by atoms with E-state index in [1.165, 1.54) is 6.33 Å². The number of imide groups is 1. The Balaban J connectivity index is 2.17. The van der Waals surface area contributed by atoms with Crippen molar-refractivity contribution in [2.75, 3.05) is 0 Å². The summed E-state index contributed by atoms with van der Waals surface area (Å²) in [6.45, 7) is 1.64. The lowest BCUT2D eigenvalue weighted by Gasteiger charge is -2.11. The molecule has 3 amide bonds. The third kappa shape index (κ3) is 3.96. The zero-order valence-corrected chi connectivity index (χ0v) is 12.6. The highest BCUT2D eigenvalue weighted by molar-refractivity contribution is 8.00. The average molecular weight is 326 g/mol. The number of carbonyl (C=O) groups is 2. The summed E-state index contributed by atoms with van der Waals surface area (Å²) < 4.78 is 1.70.